The second-order valence-electron chi connectivity index (χ2n) is 7.24. The summed E-state index contributed by atoms with van der Waals surface area (Å²) in [5.74, 6) is 2.05. The minimum absolute atomic E-state index is 0.219. The van der Waals surface area contributed by atoms with E-state index in [0.29, 0.717) is 18.9 Å². The van der Waals surface area contributed by atoms with E-state index in [-0.39, 0.29) is 5.91 Å². The molecule has 0 spiro atoms. The van der Waals surface area contributed by atoms with Gasteiger partial charge < -0.3 is 20.9 Å². The number of nitrogens with zero attached hydrogens (tertiary/aromatic N) is 4. The zero-order chi connectivity index (χ0) is 18.4. The summed E-state index contributed by atoms with van der Waals surface area (Å²) in [5, 5.41) is 3.42. The van der Waals surface area contributed by atoms with Gasteiger partial charge in [0, 0.05) is 52.4 Å². The Morgan fingerprint density at radius 2 is 2.12 bits per heavy atom. The van der Waals surface area contributed by atoms with Crippen LogP contribution >= 0.6 is 0 Å². The predicted molar refractivity (Wildman–Crippen MR) is 104 cm³/mol. The van der Waals surface area contributed by atoms with Gasteiger partial charge in [-0.05, 0) is 43.2 Å². The molecular formula is C19H30N6O. The highest BCUT2D eigenvalue weighted by Gasteiger charge is 2.23. The molecule has 3 rings (SSSR count). The minimum Gasteiger partial charge on any atom is -0.370 e. The molecule has 0 saturated carbocycles. The first-order valence-electron chi connectivity index (χ1n) is 9.59. The van der Waals surface area contributed by atoms with Crippen molar-refractivity contribution in [1.82, 2.24) is 15.2 Å². The number of aliphatic imine (C=N–C) groups is 1. The summed E-state index contributed by atoms with van der Waals surface area (Å²) in [6, 6.07) is 4.24. The van der Waals surface area contributed by atoms with Crippen molar-refractivity contribution in [2.24, 2.45) is 16.6 Å². The molecule has 26 heavy (non-hydrogen) atoms. The molecule has 0 aliphatic carbocycles. The number of nitrogens with one attached hydrogen (secondary N) is 1. The fraction of sp³-hybridized carbons (Fsp3) is 0.632. The lowest BCUT2D eigenvalue weighted by Crippen LogP contribution is -2.46. The number of piperidine rings is 1. The highest BCUT2D eigenvalue weighted by atomic mass is 16.1. The van der Waals surface area contributed by atoms with Crippen LogP contribution in [0.15, 0.2) is 23.3 Å². The van der Waals surface area contributed by atoms with E-state index >= 15 is 0 Å². The van der Waals surface area contributed by atoms with Gasteiger partial charge in [-0.2, -0.15) is 0 Å². The number of guanidine groups is 1. The molecule has 142 valence electrons. The van der Waals surface area contributed by atoms with Crippen molar-refractivity contribution < 1.29 is 4.79 Å². The van der Waals surface area contributed by atoms with Gasteiger partial charge in [-0.15, -0.1) is 0 Å². The lowest BCUT2D eigenvalue weighted by Gasteiger charge is -2.34. The second-order valence-corrected chi connectivity index (χ2v) is 7.24. The molecule has 2 saturated heterocycles. The highest BCUT2D eigenvalue weighted by molar-refractivity contribution is 5.80. The van der Waals surface area contributed by atoms with Crippen molar-refractivity contribution in [3.05, 3.63) is 23.9 Å². The maximum absolute atomic E-state index is 11.2. The zero-order valence-corrected chi connectivity index (χ0v) is 15.7. The number of pyridine rings is 1. The minimum atomic E-state index is -0.219. The van der Waals surface area contributed by atoms with Crippen LogP contribution in [0.3, 0.4) is 0 Å². The zero-order valence-electron chi connectivity index (χ0n) is 15.7. The molecule has 1 unspecified atom stereocenters. The van der Waals surface area contributed by atoms with Crippen molar-refractivity contribution in [2.75, 3.05) is 38.1 Å². The molecule has 2 fully saturated rings. The van der Waals surface area contributed by atoms with Crippen molar-refractivity contribution in [2.45, 2.75) is 38.6 Å². The number of primary amides is 1. The molecule has 1 atom stereocenters. The summed E-state index contributed by atoms with van der Waals surface area (Å²) in [4.78, 5) is 24.8. The Morgan fingerprint density at radius 1 is 1.31 bits per heavy atom. The van der Waals surface area contributed by atoms with Gasteiger partial charge in [0.15, 0.2) is 5.96 Å². The van der Waals surface area contributed by atoms with E-state index in [1.165, 1.54) is 12.8 Å². The molecule has 0 bridgehead atoms. The molecule has 7 heteroatoms. The number of hydrogen-bond acceptors (Lipinski definition) is 4. The lowest BCUT2D eigenvalue weighted by molar-refractivity contribution is -0.119. The molecule has 1 amide bonds. The Balaban J connectivity index is 1.52. The number of anilines is 1. The van der Waals surface area contributed by atoms with Gasteiger partial charge in [0.1, 0.15) is 5.82 Å². The number of carbonyl (C=O) groups excluding carboxylic acids is 1. The SMILES string of the molecule is CN=C(NCc1ccc(N2CCCC2)nc1)N1CCCC(CC(N)=O)C1. The van der Waals surface area contributed by atoms with E-state index in [4.69, 9.17) is 5.73 Å². The number of nitrogens with two attached hydrogens (primary N) is 1. The van der Waals surface area contributed by atoms with Crippen molar-refractivity contribution >= 4 is 17.7 Å². The van der Waals surface area contributed by atoms with Crippen LogP contribution in [0.4, 0.5) is 5.82 Å². The van der Waals surface area contributed by atoms with Gasteiger partial charge in [-0.25, -0.2) is 4.98 Å². The Morgan fingerprint density at radius 3 is 2.77 bits per heavy atom. The Labute approximate surface area is 155 Å². The molecule has 2 aliphatic rings. The standard InChI is InChI=1S/C19H30N6O/c1-21-19(25-10-4-5-15(14-25)11-17(20)26)23-13-16-6-7-18(22-12-16)24-8-2-3-9-24/h6-7,12,15H,2-5,8-11,13-14H2,1H3,(H2,20,26)(H,21,23). The van der Waals surface area contributed by atoms with Gasteiger partial charge >= 0.3 is 0 Å². The second kappa shape index (κ2) is 8.87. The van der Waals surface area contributed by atoms with Crippen molar-refractivity contribution in [3.8, 4) is 0 Å². The maximum Gasteiger partial charge on any atom is 0.217 e. The molecule has 3 N–H and O–H groups in total. The first kappa shape index (κ1) is 18.5. The maximum atomic E-state index is 11.2. The first-order chi connectivity index (χ1) is 12.7. The van der Waals surface area contributed by atoms with Crippen molar-refractivity contribution in [1.29, 1.82) is 0 Å². The largest absolute Gasteiger partial charge is 0.370 e. The summed E-state index contributed by atoms with van der Waals surface area (Å²) >= 11 is 0. The average Bonchev–Trinajstić information content (AvgIpc) is 3.17. The topological polar surface area (TPSA) is 86.8 Å². The highest BCUT2D eigenvalue weighted by Crippen LogP contribution is 2.20. The molecule has 7 nitrogen and oxygen atoms in total. The van der Waals surface area contributed by atoms with Crippen LogP contribution in [0.1, 0.15) is 37.7 Å². The predicted octanol–water partition coefficient (Wildman–Crippen LogP) is 1.34. The van der Waals surface area contributed by atoms with Crippen LogP contribution < -0.4 is 16.0 Å². The van der Waals surface area contributed by atoms with Gasteiger partial charge in [-0.3, -0.25) is 9.79 Å². The molecule has 3 heterocycles. The van der Waals surface area contributed by atoms with Crippen LogP contribution in [0, 0.1) is 5.92 Å². The first-order valence-corrected chi connectivity index (χ1v) is 9.59. The van der Waals surface area contributed by atoms with Gasteiger partial charge in [0.05, 0.1) is 0 Å². The van der Waals surface area contributed by atoms with E-state index in [1.807, 2.05) is 6.20 Å². The molecule has 1 aromatic rings. The third kappa shape index (κ3) is 4.86. The molecule has 0 aromatic carbocycles. The number of hydrogen-bond donors (Lipinski definition) is 2. The number of amides is 1. The van der Waals surface area contributed by atoms with Crippen molar-refractivity contribution in [3.63, 3.8) is 0 Å². The third-order valence-corrected chi connectivity index (χ3v) is 5.21. The van der Waals surface area contributed by atoms with Crippen LogP contribution in [0.2, 0.25) is 0 Å². The lowest BCUT2D eigenvalue weighted by atomic mass is 9.95. The number of rotatable bonds is 5. The smallest absolute Gasteiger partial charge is 0.217 e. The molecular weight excluding hydrogens is 328 g/mol. The Kier molecular flexibility index (Phi) is 6.30. The average molecular weight is 358 g/mol. The fourth-order valence-corrected chi connectivity index (χ4v) is 3.88. The summed E-state index contributed by atoms with van der Waals surface area (Å²) in [6.45, 7) is 4.70. The quantitative estimate of drug-likeness (QED) is 0.613. The number of likely N-dealkylation sites (tertiary alicyclic amines) is 1. The van der Waals surface area contributed by atoms with Crippen LogP contribution in [0.5, 0.6) is 0 Å². The third-order valence-electron chi connectivity index (χ3n) is 5.21. The monoisotopic (exact) mass is 358 g/mol. The van der Waals surface area contributed by atoms with Gasteiger partial charge in [-0.1, -0.05) is 6.07 Å². The van der Waals surface area contributed by atoms with E-state index in [9.17, 15) is 4.79 Å². The summed E-state index contributed by atoms with van der Waals surface area (Å²) in [6.07, 6.45) is 7.03. The summed E-state index contributed by atoms with van der Waals surface area (Å²) < 4.78 is 0. The molecule has 1 aromatic heterocycles. The molecule has 2 aliphatic heterocycles. The van der Waals surface area contributed by atoms with Crippen LogP contribution in [-0.4, -0.2) is 55.0 Å². The van der Waals surface area contributed by atoms with E-state index in [0.717, 1.165) is 56.4 Å². The fourth-order valence-electron chi connectivity index (χ4n) is 3.88. The van der Waals surface area contributed by atoms with E-state index in [1.54, 1.807) is 7.05 Å². The summed E-state index contributed by atoms with van der Waals surface area (Å²) in [5.41, 5.74) is 6.49. The van der Waals surface area contributed by atoms with E-state index < -0.39 is 0 Å². The van der Waals surface area contributed by atoms with Gasteiger partial charge in [0.2, 0.25) is 5.91 Å². The molecule has 0 radical (unpaired) electrons. The van der Waals surface area contributed by atoms with Crippen LogP contribution in [0.25, 0.3) is 0 Å². The normalized spacial score (nSPS) is 21.1. The summed E-state index contributed by atoms with van der Waals surface area (Å²) in [7, 11) is 1.80. The van der Waals surface area contributed by atoms with E-state index in [2.05, 4.69) is 37.2 Å². The Bertz CT molecular complexity index is 623. The number of aromatic nitrogens is 1. The Hall–Kier alpha value is -2.31. The number of carbonyl (C=O) groups is 1. The van der Waals surface area contributed by atoms with Crippen LogP contribution in [-0.2, 0) is 11.3 Å². The van der Waals surface area contributed by atoms with Gasteiger partial charge in [0.25, 0.3) is 0 Å².